The third-order valence-electron chi connectivity index (χ3n) is 2.26. The van der Waals surface area contributed by atoms with Crippen LogP contribution in [-0.2, 0) is 0 Å². The van der Waals surface area contributed by atoms with Gasteiger partial charge in [0, 0.05) is 11.1 Å². The summed E-state index contributed by atoms with van der Waals surface area (Å²) in [4.78, 5) is 0. The van der Waals surface area contributed by atoms with E-state index in [2.05, 4.69) is 0 Å². The minimum atomic E-state index is 0.522. The van der Waals surface area contributed by atoms with Gasteiger partial charge in [-0.2, -0.15) is 0 Å². The SMILES string of the molecule is CCOc1ccc(Oc2cc(Cl)ccc2Cl)cc1. The van der Waals surface area contributed by atoms with Crippen LogP contribution < -0.4 is 9.47 Å². The predicted octanol–water partition coefficient (Wildman–Crippen LogP) is 5.18. The van der Waals surface area contributed by atoms with Crippen LogP contribution in [0.4, 0.5) is 0 Å². The first-order valence-electron chi connectivity index (χ1n) is 5.55. The van der Waals surface area contributed by atoms with Crippen LogP contribution in [0.25, 0.3) is 0 Å². The predicted molar refractivity (Wildman–Crippen MR) is 74.1 cm³/mol. The normalized spacial score (nSPS) is 10.2. The van der Waals surface area contributed by atoms with Gasteiger partial charge in [0.2, 0.25) is 0 Å². The van der Waals surface area contributed by atoms with Gasteiger partial charge in [-0.05, 0) is 43.3 Å². The van der Waals surface area contributed by atoms with Crippen LogP contribution >= 0.6 is 23.2 Å². The summed E-state index contributed by atoms with van der Waals surface area (Å²) >= 11 is 11.9. The maximum Gasteiger partial charge on any atom is 0.147 e. The van der Waals surface area contributed by atoms with Gasteiger partial charge in [0.1, 0.15) is 17.2 Å². The summed E-state index contributed by atoms with van der Waals surface area (Å²) in [6, 6.07) is 12.4. The molecule has 0 fully saturated rings. The Morgan fingerprint density at radius 3 is 2.28 bits per heavy atom. The van der Waals surface area contributed by atoms with E-state index < -0.39 is 0 Å². The van der Waals surface area contributed by atoms with Gasteiger partial charge in [-0.15, -0.1) is 0 Å². The van der Waals surface area contributed by atoms with Crippen molar-refractivity contribution in [3.05, 3.63) is 52.5 Å². The second kappa shape index (κ2) is 5.98. The van der Waals surface area contributed by atoms with Crippen molar-refractivity contribution in [1.29, 1.82) is 0 Å². The molecule has 2 aromatic rings. The first-order chi connectivity index (χ1) is 8.69. The third kappa shape index (κ3) is 3.31. The number of hydrogen-bond donors (Lipinski definition) is 0. The van der Waals surface area contributed by atoms with Gasteiger partial charge in [0.15, 0.2) is 0 Å². The lowest BCUT2D eigenvalue weighted by molar-refractivity contribution is 0.339. The molecule has 0 amide bonds. The highest BCUT2D eigenvalue weighted by molar-refractivity contribution is 6.34. The van der Waals surface area contributed by atoms with Gasteiger partial charge >= 0.3 is 0 Å². The zero-order valence-electron chi connectivity index (χ0n) is 9.82. The summed E-state index contributed by atoms with van der Waals surface area (Å²) < 4.78 is 11.0. The molecule has 0 unspecified atom stereocenters. The maximum atomic E-state index is 6.02. The number of hydrogen-bond acceptors (Lipinski definition) is 2. The third-order valence-corrected chi connectivity index (χ3v) is 2.80. The largest absolute Gasteiger partial charge is 0.494 e. The zero-order valence-corrected chi connectivity index (χ0v) is 11.3. The quantitative estimate of drug-likeness (QED) is 0.769. The van der Waals surface area contributed by atoms with E-state index >= 15 is 0 Å². The molecule has 0 aliphatic rings. The molecular weight excluding hydrogens is 271 g/mol. The van der Waals surface area contributed by atoms with Crippen LogP contribution in [0.2, 0.25) is 10.0 Å². The lowest BCUT2D eigenvalue weighted by Crippen LogP contribution is -1.91. The average Bonchev–Trinajstić information content (AvgIpc) is 2.37. The molecule has 0 aliphatic heterocycles. The van der Waals surface area contributed by atoms with Crippen LogP contribution in [-0.4, -0.2) is 6.61 Å². The van der Waals surface area contributed by atoms with Gasteiger partial charge < -0.3 is 9.47 Å². The Bertz CT molecular complexity index is 524. The summed E-state index contributed by atoms with van der Waals surface area (Å²) in [7, 11) is 0. The van der Waals surface area contributed by atoms with Gasteiger partial charge in [-0.1, -0.05) is 23.2 Å². The van der Waals surface area contributed by atoms with Crippen LogP contribution in [0.5, 0.6) is 17.2 Å². The van der Waals surface area contributed by atoms with E-state index in [-0.39, 0.29) is 0 Å². The Kier molecular flexibility index (Phi) is 4.34. The van der Waals surface area contributed by atoms with E-state index in [1.807, 2.05) is 31.2 Å². The van der Waals surface area contributed by atoms with E-state index in [4.69, 9.17) is 32.7 Å². The number of rotatable bonds is 4. The van der Waals surface area contributed by atoms with E-state index in [1.54, 1.807) is 18.2 Å². The van der Waals surface area contributed by atoms with Gasteiger partial charge in [-0.25, -0.2) is 0 Å². The molecule has 4 heteroatoms. The van der Waals surface area contributed by atoms with Crippen molar-refractivity contribution in [3.8, 4) is 17.2 Å². The lowest BCUT2D eigenvalue weighted by atomic mass is 10.3. The second-order valence-electron chi connectivity index (χ2n) is 3.58. The molecule has 2 nitrogen and oxygen atoms in total. The molecule has 18 heavy (non-hydrogen) atoms. The standard InChI is InChI=1S/C14H12Cl2O2/c1-2-17-11-4-6-12(7-5-11)18-14-9-10(15)3-8-13(14)16/h3-9H,2H2,1H3. The smallest absolute Gasteiger partial charge is 0.147 e. The Morgan fingerprint density at radius 1 is 0.944 bits per heavy atom. The summed E-state index contributed by atoms with van der Waals surface area (Å²) in [6.07, 6.45) is 0. The fourth-order valence-corrected chi connectivity index (χ4v) is 1.77. The number of ether oxygens (including phenoxy) is 2. The summed E-state index contributed by atoms with van der Waals surface area (Å²) in [5.41, 5.74) is 0. The first-order valence-corrected chi connectivity index (χ1v) is 6.30. The van der Waals surface area contributed by atoms with Gasteiger partial charge in [0.05, 0.1) is 11.6 Å². The van der Waals surface area contributed by atoms with Crippen molar-refractivity contribution in [2.45, 2.75) is 6.92 Å². The molecular formula is C14H12Cl2O2. The van der Waals surface area contributed by atoms with E-state index in [9.17, 15) is 0 Å². The Labute approximate surface area is 116 Å². The molecule has 0 atom stereocenters. The molecule has 94 valence electrons. The van der Waals surface area contributed by atoms with E-state index in [1.165, 1.54) is 0 Å². The summed E-state index contributed by atoms with van der Waals surface area (Å²) in [5, 5.41) is 1.11. The van der Waals surface area contributed by atoms with Crippen LogP contribution in [0.3, 0.4) is 0 Å². The molecule has 0 saturated heterocycles. The fourth-order valence-electron chi connectivity index (χ4n) is 1.45. The van der Waals surface area contributed by atoms with Crippen molar-refractivity contribution in [3.63, 3.8) is 0 Å². The van der Waals surface area contributed by atoms with Crippen molar-refractivity contribution < 1.29 is 9.47 Å². The molecule has 0 aliphatic carbocycles. The second-order valence-corrected chi connectivity index (χ2v) is 4.42. The first kappa shape index (κ1) is 13.1. The van der Waals surface area contributed by atoms with Crippen LogP contribution in [0, 0.1) is 0 Å². The highest BCUT2D eigenvalue weighted by Crippen LogP contribution is 2.32. The molecule has 0 N–H and O–H groups in total. The van der Waals surface area contributed by atoms with E-state index in [0.717, 1.165) is 5.75 Å². The molecule has 0 spiro atoms. The molecule has 2 aromatic carbocycles. The lowest BCUT2D eigenvalue weighted by Gasteiger charge is -2.09. The Balaban J connectivity index is 2.15. The highest BCUT2D eigenvalue weighted by atomic mass is 35.5. The minimum absolute atomic E-state index is 0.522. The average molecular weight is 283 g/mol. The molecule has 0 aromatic heterocycles. The van der Waals surface area contributed by atoms with E-state index in [0.29, 0.717) is 28.2 Å². The van der Waals surface area contributed by atoms with Gasteiger partial charge in [-0.3, -0.25) is 0 Å². The zero-order chi connectivity index (χ0) is 13.0. The molecule has 0 radical (unpaired) electrons. The Hall–Kier alpha value is -1.38. The Morgan fingerprint density at radius 2 is 1.61 bits per heavy atom. The van der Waals surface area contributed by atoms with Crippen molar-refractivity contribution >= 4 is 23.2 Å². The van der Waals surface area contributed by atoms with Crippen molar-refractivity contribution in [1.82, 2.24) is 0 Å². The molecule has 0 saturated carbocycles. The van der Waals surface area contributed by atoms with Crippen molar-refractivity contribution in [2.24, 2.45) is 0 Å². The fraction of sp³-hybridized carbons (Fsp3) is 0.143. The van der Waals surface area contributed by atoms with Gasteiger partial charge in [0.25, 0.3) is 0 Å². The van der Waals surface area contributed by atoms with Crippen LogP contribution in [0.1, 0.15) is 6.92 Å². The van der Waals surface area contributed by atoms with Crippen LogP contribution in [0.15, 0.2) is 42.5 Å². The van der Waals surface area contributed by atoms with Crippen molar-refractivity contribution in [2.75, 3.05) is 6.61 Å². The molecule has 0 bridgehead atoms. The number of halogens is 2. The highest BCUT2D eigenvalue weighted by Gasteiger charge is 2.04. The topological polar surface area (TPSA) is 18.5 Å². The number of benzene rings is 2. The molecule has 2 rings (SSSR count). The minimum Gasteiger partial charge on any atom is -0.494 e. The summed E-state index contributed by atoms with van der Waals surface area (Å²) in [5.74, 6) is 2.03. The maximum absolute atomic E-state index is 6.02. The molecule has 0 heterocycles. The summed E-state index contributed by atoms with van der Waals surface area (Å²) in [6.45, 7) is 2.58. The monoisotopic (exact) mass is 282 g/mol.